The quantitative estimate of drug-likeness (QED) is 0.835. The lowest BCUT2D eigenvalue weighted by Gasteiger charge is -2.15. The maximum Gasteiger partial charge on any atom is 0.184 e. The van der Waals surface area contributed by atoms with Gasteiger partial charge in [-0.15, -0.1) is 0 Å². The zero-order chi connectivity index (χ0) is 13.7. The van der Waals surface area contributed by atoms with E-state index in [2.05, 4.69) is 5.32 Å². The van der Waals surface area contributed by atoms with Crippen molar-refractivity contribution in [3.05, 3.63) is 65.7 Å². The van der Waals surface area contributed by atoms with E-state index in [0.717, 1.165) is 11.3 Å². The molecule has 19 heavy (non-hydrogen) atoms. The molecule has 0 spiro atoms. The van der Waals surface area contributed by atoms with E-state index in [-0.39, 0.29) is 11.8 Å². The Bertz CT molecular complexity index is 534. The molecule has 3 nitrogen and oxygen atoms in total. The Kier molecular flexibility index (Phi) is 4.31. The monoisotopic (exact) mass is 255 g/mol. The Morgan fingerprint density at radius 1 is 1.05 bits per heavy atom. The summed E-state index contributed by atoms with van der Waals surface area (Å²) in [5.41, 5.74) is 1.63. The van der Waals surface area contributed by atoms with Crippen molar-refractivity contribution < 1.29 is 9.53 Å². The minimum atomic E-state index is -0.324. The third-order valence-corrected chi connectivity index (χ3v) is 3.06. The molecule has 1 atom stereocenters. The van der Waals surface area contributed by atoms with Crippen molar-refractivity contribution >= 4 is 5.78 Å². The van der Waals surface area contributed by atoms with E-state index in [1.54, 1.807) is 38.4 Å². The first kappa shape index (κ1) is 13.3. The number of benzene rings is 2. The first-order valence-electron chi connectivity index (χ1n) is 6.16. The second-order valence-electron chi connectivity index (χ2n) is 4.23. The lowest BCUT2D eigenvalue weighted by Crippen LogP contribution is -2.25. The van der Waals surface area contributed by atoms with Gasteiger partial charge in [-0.05, 0) is 36.9 Å². The molecule has 98 valence electrons. The van der Waals surface area contributed by atoms with Gasteiger partial charge in [-0.25, -0.2) is 0 Å². The van der Waals surface area contributed by atoms with E-state index in [1.165, 1.54) is 0 Å². The second kappa shape index (κ2) is 6.16. The molecule has 3 heteroatoms. The minimum Gasteiger partial charge on any atom is -0.497 e. The zero-order valence-corrected chi connectivity index (χ0v) is 11.1. The standard InChI is InChI=1S/C16H17NO2/c1-17-15(12-6-4-3-5-7-12)16(18)13-8-10-14(19-2)11-9-13/h3-11,15,17H,1-2H3. The van der Waals surface area contributed by atoms with Crippen molar-refractivity contribution in [2.75, 3.05) is 14.2 Å². The average molecular weight is 255 g/mol. The lowest BCUT2D eigenvalue weighted by atomic mass is 9.97. The molecule has 1 unspecified atom stereocenters. The first-order chi connectivity index (χ1) is 9.26. The summed E-state index contributed by atoms with van der Waals surface area (Å²) in [6, 6.07) is 16.5. The van der Waals surface area contributed by atoms with Gasteiger partial charge in [-0.1, -0.05) is 30.3 Å². The Morgan fingerprint density at radius 3 is 2.21 bits per heavy atom. The highest BCUT2D eigenvalue weighted by Crippen LogP contribution is 2.20. The predicted molar refractivity (Wildman–Crippen MR) is 75.6 cm³/mol. The zero-order valence-electron chi connectivity index (χ0n) is 11.1. The molecule has 0 aliphatic rings. The van der Waals surface area contributed by atoms with Crippen LogP contribution < -0.4 is 10.1 Å². The van der Waals surface area contributed by atoms with Crippen LogP contribution in [0.25, 0.3) is 0 Å². The van der Waals surface area contributed by atoms with E-state index in [1.807, 2.05) is 30.3 Å². The molecule has 2 rings (SSSR count). The molecule has 0 saturated carbocycles. The van der Waals surface area contributed by atoms with E-state index in [0.29, 0.717) is 5.56 Å². The van der Waals surface area contributed by atoms with Crippen molar-refractivity contribution in [1.29, 1.82) is 0 Å². The highest BCUT2D eigenvalue weighted by molar-refractivity contribution is 6.00. The summed E-state index contributed by atoms with van der Waals surface area (Å²) in [5, 5.41) is 3.06. The molecule has 2 aromatic carbocycles. The van der Waals surface area contributed by atoms with Crippen molar-refractivity contribution in [2.45, 2.75) is 6.04 Å². The minimum absolute atomic E-state index is 0.0522. The molecule has 0 aliphatic carbocycles. The van der Waals surface area contributed by atoms with E-state index in [9.17, 15) is 4.79 Å². The Morgan fingerprint density at radius 2 is 1.68 bits per heavy atom. The van der Waals surface area contributed by atoms with Gasteiger partial charge in [0.05, 0.1) is 13.2 Å². The van der Waals surface area contributed by atoms with Gasteiger partial charge in [0.2, 0.25) is 0 Å². The van der Waals surface area contributed by atoms with Crippen LogP contribution in [0.2, 0.25) is 0 Å². The van der Waals surface area contributed by atoms with Crippen LogP contribution in [0.5, 0.6) is 5.75 Å². The molecule has 0 aromatic heterocycles. The largest absolute Gasteiger partial charge is 0.497 e. The van der Waals surface area contributed by atoms with Crippen LogP contribution in [-0.4, -0.2) is 19.9 Å². The number of ether oxygens (including phenoxy) is 1. The van der Waals surface area contributed by atoms with E-state index in [4.69, 9.17) is 4.74 Å². The smallest absolute Gasteiger partial charge is 0.184 e. The van der Waals surface area contributed by atoms with Crippen molar-refractivity contribution in [3.63, 3.8) is 0 Å². The summed E-state index contributed by atoms with van der Waals surface area (Å²) in [6.07, 6.45) is 0. The van der Waals surface area contributed by atoms with Crippen LogP contribution in [-0.2, 0) is 0 Å². The number of ketones is 1. The highest BCUT2D eigenvalue weighted by atomic mass is 16.5. The van der Waals surface area contributed by atoms with Crippen molar-refractivity contribution in [2.24, 2.45) is 0 Å². The van der Waals surface area contributed by atoms with Gasteiger partial charge in [0.15, 0.2) is 5.78 Å². The van der Waals surface area contributed by atoms with Gasteiger partial charge in [-0.3, -0.25) is 4.79 Å². The number of methoxy groups -OCH3 is 1. The molecule has 0 aliphatic heterocycles. The number of likely N-dealkylation sites (N-methyl/N-ethyl adjacent to an activating group) is 1. The molecular formula is C16H17NO2. The normalized spacial score (nSPS) is 11.9. The summed E-state index contributed by atoms with van der Waals surface area (Å²) < 4.78 is 5.09. The van der Waals surface area contributed by atoms with Gasteiger partial charge in [0, 0.05) is 5.56 Å². The van der Waals surface area contributed by atoms with Gasteiger partial charge in [0.1, 0.15) is 5.75 Å². The van der Waals surface area contributed by atoms with Crippen molar-refractivity contribution in [3.8, 4) is 5.75 Å². The topological polar surface area (TPSA) is 38.3 Å². The Hall–Kier alpha value is -2.13. The fourth-order valence-electron chi connectivity index (χ4n) is 2.02. The van der Waals surface area contributed by atoms with Crippen LogP contribution in [0.15, 0.2) is 54.6 Å². The molecular weight excluding hydrogens is 238 g/mol. The maximum atomic E-state index is 12.5. The number of hydrogen-bond acceptors (Lipinski definition) is 3. The SMILES string of the molecule is CNC(C(=O)c1ccc(OC)cc1)c1ccccc1. The second-order valence-corrected chi connectivity index (χ2v) is 4.23. The summed E-state index contributed by atoms with van der Waals surface area (Å²) in [7, 11) is 3.40. The molecule has 2 aromatic rings. The fraction of sp³-hybridized carbons (Fsp3) is 0.188. The van der Waals surface area contributed by atoms with Crippen LogP contribution in [0, 0.1) is 0 Å². The number of carbonyl (C=O) groups is 1. The van der Waals surface area contributed by atoms with E-state index < -0.39 is 0 Å². The highest BCUT2D eigenvalue weighted by Gasteiger charge is 2.19. The summed E-state index contributed by atoms with van der Waals surface area (Å²) in [4.78, 5) is 12.5. The molecule has 0 bridgehead atoms. The Labute approximate surface area is 113 Å². The number of hydrogen-bond donors (Lipinski definition) is 1. The fourth-order valence-corrected chi connectivity index (χ4v) is 2.02. The third kappa shape index (κ3) is 3.01. The maximum absolute atomic E-state index is 12.5. The van der Waals surface area contributed by atoms with E-state index >= 15 is 0 Å². The summed E-state index contributed by atoms with van der Waals surface area (Å²) in [5.74, 6) is 0.800. The summed E-state index contributed by atoms with van der Waals surface area (Å²) in [6.45, 7) is 0. The number of Topliss-reactive ketones (excluding diaryl/α,β-unsaturated/α-hetero) is 1. The van der Waals surface area contributed by atoms with Gasteiger partial charge in [-0.2, -0.15) is 0 Å². The van der Waals surface area contributed by atoms with Gasteiger partial charge >= 0.3 is 0 Å². The van der Waals surface area contributed by atoms with Crippen LogP contribution in [0.4, 0.5) is 0 Å². The van der Waals surface area contributed by atoms with Crippen LogP contribution in [0.1, 0.15) is 22.0 Å². The molecule has 0 amide bonds. The molecule has 0 saturated heterocycles. The predicted octanol–water partition coefficient (Wildman–Crippen LogP) is 2.84. The summed E-state index contributed by atoms with van der Waals surface area (Å²) >= 11 is 0. The number of nitrogens with one attached hydrogen (secondary N) is 1. The molecule has 0 radical (unpaired) electrons. The van der Waals surface area contributed by atoms with Crippen LogP contribution in [0.3, 0.4) is 0 Å². The average Bonchev–Trinajstić information content (AvgIpc) is 2.49. The lowest BCUT2D eigenvalue weighted by molar-refractivity contribution is 0.0947. The molecule has 0 fully saturated rings. The van der Waals surface area contributed by atoms with Gasteiger partial charge in [0.25, 0.3) is 0 Å². The van der Waals surface area contributed by atoms with Crippen molar-refractivity contribution in [1.82, 2.24) is 5.32 Å². The number of carbonyl (C=O) groups excluding carboxylic acids is 1. The first-order valence-corrected chi connectivity index (χ1v) is 6.16. The number of rotatable bonds is 5. The molecule has 1 N–H and O–H groups in total. The third-order valence-electron chi connectivity index (χ3n) is 3.06. The van der Waals surface area contributed by atoms with Gasteiger partial charge < -0.3 is 10.1 Å². The Balaban J connectivity index is 2.25. The molecule has 0 heterocycles. The van der Waals surface area contributed by atoms with Crippen LogP contribution >= 0.6 is 0 Å².